The van der Waals surface area contributed by atoms with Gasteiger partial charge in [0.2, 0.25) is 5.91 Å². The average Bonchev–Trinajstić information content (AvgIpc) is 2.99. The molecule has 1 aliphatic heterocycles. The predicted octanol–water partition coefficient (Wildman–Crippen LogP) is 4.56. The molecule has 0 aliphatic carbocycles. The first kappa shape index (κ1) is 21.1. The van der Waals surface area contributed by atoms with Gasteiger partial charge >= 0.3 is 0 Å². The lowest BCUT2D eigenvalue weighted by Crippen LogP contribution is -2.47. The Kier molecular flexibility index (Phi) is 6.75. The van der Waals surface area contributed by atoms with E-state index in [0.29, 0.717) is 34.9 Å². The normalized spacial score (nSPS) is 15.2. The number of imide groups is 1. The van der Waals surface area contributed by atoms with E-state index in [4.69, 9.17) is 0 Å². The zero-order valence-electron chi connectivity index (χ0n) is 17.0. The van der Waals surface area contributed by atoms with Crippen molar-refractivity contribution >= 4 is 35.2 Å². The Morgan fingerprint density at radius 3 is 2.14 bits per heavy atom. The molecule has 1 heterocycles. The van der Waals surface area contributed by atoms with Crippen LogP contribution in [-0.2, 0) is 4.79 Å². The summed E-state index contributed by atoms with van der Waals surface area (Å²) in [5.41, 5.74) is 2.59. The number of rotatable bonds is 8. The van der Waals surface area contributed by atoms with Crippen LogP contribution in [0.4, 0.5) is 5.69 Å². The van der Waals surface area contributed by atoms with Gasteiger partial charge in [0, 0.05) is 5.69 Å². The molecule has 152 valence electrons. The summed E-state index contributed by atoms with van der Waals surface area (Å²) in [6.07, 6.45) is 3.39. The third kappa shape index (κ3) is 4.37. The fraction of sp³-hybridized carbons (Fsp3) is 0.348. The van der Waals surface area contributed by atoms with Gasteiger partial charge in [0.1, 0.15) is 6.04 Å². The van der Waals surface area contributed by atoms with E-state index in [-0.39, 0.29) is 5.91 Å². The molecular formula is C23H26N2O3S. The summed E-state index contributed by atoms with van der Waals surface area (Å²) in [6, 6.07) is 13.6. The molecule has 5 nitrogen and oxygen atoms in total. The zero-order chi connectivity index (χ0) is 21.0. The molecule has 3 rings (SSSR count). The van der Waals surface area contributed by atoms with Crippen LogP contribution in [0.25, 0.3) is 0 Å². The summed E-state index contributed by atoms with van der Waals surface area (Å²) in [6.45, 7) is 4.30. The number of anilines is 1. The number of benzene rings is 2. The highest BCUT2D eigenvalue weighted by Crippen LogP contribution is 2.27. The van der Waals surface area contributed by atoms with Crippen LogP contribution in [0.5, 0.6) is 0 Å². The lowest BCUT2D eigenvalue weighted by Gasteiger charge is -2.25. The lowest BCUT2D eigenvalue weighted by molar-refractivity contribution is -0.120. The molecule has 1 N–H and O–H groups in total. The van der Waals surface area contributed by atoms with Gasteiger partial charge < -0.3 is 5.32 Å². The molecule has 1 aliphatic rings. The summed E-state index contributed by atoms with van der Waals surface area (Å²) in [5, 5.41) is 2.89. The molecule has 3 amide bonds. The van der Waals surface area contributed by atoms with Crippen molar-refractivity contribution < 1.29 is 14.4 Å². The molecule has 2 aromatic rings. The van der Waals surface area contributed by atoms with Crippen molar-refractivity contribution in [3.8, 4) is 0 Å². The van der Waals surface area contributed by atoms with E-state index in [0.717, 1.165) is 11.3 Å². The monoisotopic (exact) mass is 410 g/mol. The summed E-state index contributed by atoms with van der Waals surface area (Å²) in [5.74, 6) is -0.0338. The van der Waals surface area contributed by atoms with Gasteiger partial charge in [-0.3, -0.25) is 19.3 Å². The minimum atomic E-state index is -0.843. The highest BCUT2D eigenvalue weighted by atomic mass is 32.2. The number of fused-ring (bicyclic) bond motifs is 1. The Morgan fingerprint density at radius 2 is 1.62 bits per heavy atom. The number of amides is 3. The van der Waals surface area contributed by atoms with E-state index in [1.165, 1.54) is 5.56 Å². The second kappa shape index (κ2) is 9.27. The fourth-order valence-electron chi connectivity index (χ4n) is 3.45. The fourth-order valence-corrected chi connectivity index (χ4v) is 3.91. The van der Waals surface area contributed by atoms with Gasteiger partial charge in [-0.1, -0.05) is 38.1 Å². The van der Waals surface area contributed by atoms with Crippen LogP contribution < -0.4 is 5.32 Å². The number of hydrogen-bond donors (Lipinski definition) is 1. The molecule has 0 bridgehead atoms. The minimum absolute atomic E-state index is 0.343. The van der Waals surface area contributed by atoms with Crippen LogP contribution >= 0.6 is 11.8 Å². The first-order valence-corrected chi connectivity index (χ1v) is 11.2. The quantitative estimate of drug-likeness (QED) is 0.648. The molecule has 0 unspecified atom stereocenters. The van der Waals surface area contributed by atoms with Crippen LogP contribution in [0.1, 0.15) is 58.9 Å². The first-order valence-electron chi connectivity index (χ1n) is 9.84. The summed E-state index contributed by atoms with van der Waals surface area (Å²) >= 11 is 1.58. The second-order valence-electron chi connectivity index (χ2n) is 7.24. The highest BCUT2D eigenvalue weighted by molar-refractivity contribution is 7.98. The number of carbonyl (C=O) groups is 3. The number of carbonyl (C=O) groups excluding carboxylic acids is 3. The summed E-state index contributed by atoms with van der Waals surface area (Å²) in [4.78, 5) is 39.9. The molecule has 29 heavy (non-hydrogen) atoms. The van der Waals surface area contributed by atoms with Crippen molar-refractivity contribution in [2.45, 2.75) is 38.6 Å². The van der Waals surface area contributed by atoms with Crippen LogP contribution in [0.2, 0.25) is 0 Å². The van der Waals surface area contributed by atoms with Crippen molar-refractivity contribution in [2.75, 3.05) is 17.3 Å². The molecule has 0 spiro atoms. The van der Waals surface area contributed by atoms with Gasteiger partial charge in [-0.15, -0.1) is 0 Å². The molecule has 0 saturated heterocycles. The van der Waals surface area contributed by atoms with Crippen molar-refractivity contribution in [1.82, 2.24) is 4.90 Å². The molecule has 0 aromatic heterocycles. The van der Waals surface area contributed by atoms with Gasteiger partial charge in [-0.25, -0.2) is 0 Å². The van der Waals surface area contributed by atoms with E-state index in [9.17, 15) is 14.4 Å². The maximum Gasteiger partial charge on any atom is 0.262 e. The van der Waals surface area contributed by atoms with Crippen LogP contribution in [0.15, 0.2) is 48.5 Å². The number of nitrogens with zero attached hydrogens (tertiary/aromatic N) is 1. The Labute approximate surface area is 175 Å². The zero-order valence-corrected chi connectivity index (χ0v) is 17.8. The van der Waals surface area contributed by atoms with Crippen molar-refractivity contribution in [3.63, 3.8) is 0 Å². The molecular weight excluding hydrogens is 384 g/mol. The predicted molar refractivity (Wildman–Crippen MR) is 118 cm³/mol. The maximum atomic E-state index is 13.1. The molecule has 0 saturated carbocycles. The van der Waals surface area contributed by atoms with Crippen LogP contribution in [0, 0.1) is 0 Å². The Morgan fingerprint density at radius 1 is 1.03 bits per heavy atom. The van der Waals surface area contributed by atoms with E-state index >= 15 is 0 Å². The van der Waals surface area contributed by atoms with Gasteiger partial charge in [0.15, 0.2) is 0 Å². The molecule has 2 atom stereocenters. The Bertz CT molecular complexity index is 876. The lowest BCUT2D eigenvalue weighted by atomic mass is 9.98. The first-order chi connectivity index (χ1) is 14.0. The van der Waals surface area contributed by atoms with E-state index in [2.05, 4.69) is 19.2 Å². The van der Waals surface area contributed by atoms with E-state index in [1.807, 2.05) is 30.5 Å². The second-order valence-corrected chi connectivity index (χ2v) is 8.23. The van der Waals surface area contributed by atoms with Gasteiger partial charge in [0.25, 0.3) is 11.8 Å². The van der Waals surface area contributed by atoms with E-state index in [1.54, 1.807) is 36.0 Å². The number of hydrogen-bond acceptors (Lipinski definition) is 4. The van der Waals surface area contributed by atoms with Crippen molar-refractivity contribution in [2.24, 2.45) is 0 Å². The molecule has 6 heteroatoms. The topological polar surface area (TPSA) is 66.5 Å². The van der Waals surface area contributed by atoms with Crippen LogP contribution in [0.3, 0.4) is 0 Å². The highest BCUT2D eigenvalue weighted by Gasteiger charge is 2.42. The largest absolute Gasteiger partial charge is 0.324 e. The minimum Gasteiger partial charge on any atom is -0.324 e. The SMILES string of the molecule is CC[C@@H](C)c1ccc(NC(=O)[C@H](CCSC)N2C(=O)c3ccccc3C2=O)cc1. The van der Waals surface area contributed by atoms with Crippen molar-refractivity contribution in [1.29, 1.82) is 0 Å². The Balaban J connectivity index is 1.81. The molecule has 0 fully saturated rings. The van der Waals surface area contributed by atoms with Crippen molar-refractivity contribution in [3.05, 3.63) is 65.2 Å². The molecule has 2 aromatic carbocycles. The number of nitrogens with one attached hydrogen (secondary N) is 1. The van der Waals surface area contributed by atoms with Gasteiger partial charge in [-0.05, 0) is 60.6 Å². The summed E-state index contributed by atoms with van der Waals surface area (Å²) < 4.78 is 0. The smallest absolute Gasteiger partial charge is 0.262 e. The molecule has 0 radical (unpaired) electrons. The van der Waals surface area contributed by atoms with Crippen LogP contribution in [-0.4, -0.2) is 40.7 Å². The third-order valence-corrected chi connectivity index (χ3v) is 6.04. The standard InChI is InChI=1S/C23H26N2O3S/c1-4-15(2)16-9-11-17(12-10-16)24-21(26)20(13-14-29-3)25-22(27)18-7-5-6-8-19(18)23(25)28/h5-12,15,20H,4,13-14H2,1-3H3,(H,24,26)/t15-,20+/m1/s1. The maximum absolute atomic E-state index is 13.1. The van der Waals surface area contributed by atoms with E-state index < -0.39 is 17.9 Å². The Hall–Kier alpha value is -2.60. The number of thioether (sulfide) groups is 1. The van der Waals surface area contributed by atoms with Gasteiger partial charge in [-0.2, -0.15) is 11.8 Å². The third-order valence-electron chi connectivity index (χ3n) is 5.39. The average molecular weight is 411 g/mol. The van der Waals surface area contributed by atoms with Gasteiger partial charge in [0.05, 0.1) is 11.1 Å². The summed E-state index contributed by atoms with van der Waals surface area (Å²) in [7, 11) is 0.